The highest BCUT2D eigenvalue weighted by molar-refractivity contribution is 7.99. The lowest BCUT2D eigenvalue weighted by atomic mass is 10.1. The summed E-state index contributed by atoms with van der Waals surface area (Å²) in [4.78, 5) is 1.21. The molecule has 0 amide bonds. The molecule has 0 aromatic heterocycles. The molecule has 0 spiro atoms. The molecule has 0 aliphatic heterocycles. The van der Waals surface area contributed by atoms with E-state index in [9.17, 15) is 4.39 Å². The van der Waals surface area contributed by atoms with E-state index in [0.717, 1.165) is 17.9 Å². The summed E-state index contributed by atoms with van der Waals surface area (Å²) in [7, 11) is 0. The standard InChI is InChI=1S/C17H19ClFNS/c1-3-20-17(15-10-13(19)7-8-16(15)18)11-21-14-6-4-5-12(2)9-14/h4-10,17,20H,3,11H2,1-2H3. The molecule has 1 nitrogen and oxygen atoms in total. The first-order valence-corrected chi connectivity index (χ1v) is 8.34. The van der Waals surface area contributed by atoms with Crippen molar-refractivity contribution in [1.82, 2.24) is 5.32 Å². The minimum absolute atomic E-state index is 0.0312. The van der Waals surface area contributed by atoms with Crippen LogP contribution in [0.2, 0.25) is 5.02 Å². The molecule has 0 radical (unpaired) electrons. The highest BCUT2D eigenvalue weighted by Gasteiger charge is 2.15. The Morgan fingerprint density at radius 1 is 1.24 bits per heavy atom. The summed E-state index contributed by atoms with van der Waals surface area (Å²) >= 11 is 7.97. The van der Waals surface area contributed by atoms with E-state index in [1.165, 1.54) is 22.6 Å². The van der Waals surface area contributed by atoms with E-state index in [2.05, 4.69) is 36.5 Å². The van der Waals surface area contributed by atoms with Crippen LogP contribution in [0.5, 0.6) is 0 Å². The summed E-state index contributed by atoms with van der Waals surface area (Å²) < 4.78 is 13.5. The number of halogens is 2. The minimum atomic E-state index is -0.252. The second kappa shape index (κ2) is 7.83. The van der Waals surface area contributed by atoms with Crippen LogP contribution in [0, 0.1) is 12.7 Å². The molecule has 4 heteroatoms. The van der Waals surface area contributed by atoms with E-state index in [1.807, 2.05) is 6.92 Å². The van der Waals surface area contributed by atoms with E-state index in [-0.39, 0.29) is 11.9 Å². The maximum atomic E-state index is 13.5. The fraction of sp³-hybridized carbons (Fsp3) is 0.294. The summed E-state index contributed by atoms with van der Waals surface area (Å²) in [6, 6.07) is 12.9. The van der Waals surface area contributed by atoms with Gasteiger partial charge in [-0.1, -0.05) is 36.2 Å². The molecule has 0 aliphatic rings. The Labute approximate surface area is 134 Å². The van der Waals surface area contributed by atoms with Crippen LogP contribution < -0.4 is 5.32 Å². The molecule has 0 saturated carbocycles. The van der Waals surface area contributed by atoms with Crippen molar-refractivity contribution in [1.29, 1.82) is 0 Å². The lowest BCUT2D eigenvalue weighted by molar-refractivity contribution is 0.589. The van der Waals surface area contributed by atoms with Crippen molar-refractivity contribution < 1.29 is 4.39 Å². The fourth-order valence-electron chi connectivity index (χ4n) is 2.17. The number of aryl methyl sites for hydroxylation is 1. The third kappa shape index (κ3) is 4.73. The quantitative estimate of drug-likeness (QED) is 0.730. The Morgan fingerprint density at radius 3 is 2.76 bits per heavy atom. The monoisotopic (exact) mass is 323 g/mol. The molecule has 1 atom stereocenters. The third-order valence-electron chi connectivity index (χ3n) is 3.19. The number of benzene rings is 2. The van der Waals surface area contributed by atoms with Crippen LogP contribution >= 0.6 is 23.4 Å². The fourth-order valence-corrected chi connectivity index (χ4v) is 3.52. The molecule has 112 valence electrons. The van der Waals surface area contributed by atoms with Gasteiger partial charge in [0.2, 0.25) is 0 Å². The zero-order chi connectivity index (χ0) is 15.2. The SMILES string of the molecule is CCNC(CSc1cccc(C)c1)c1cc(F)ccc1Cl. The van der Waals surface area contributed by atoms with Gasteiger partial charge < -0.3 is 5.32 Å². The van der Waals surface area contributed by atoms with Gasteiger partial charge in [-0.05, 0) is 49.4 Å². The highest BCUT2D eigenvalue weighted by atomic mass is 35.5. The van der Waals surface area contributed by atoms with E-state index in [1.54, 1.807) is 17.8 Å². The third-order valence-corrected chi connectivity index (χ3v) is 4.62. The second-order valence-electron chi connectivity index (χ2n) is 4.90. The first kappa shape index (κ1) is 16.3. The molecule has 2 aromatic rings. The molecular formula is C17H19ClFNS. The summed E-state index contributed by atoms with van der Waals surface area (Å²) in [5.41, 5.74) is 2.06. The molecule has 1 unspecified atom stereocenters. The molecule has 2 aromatic carbocycles. The van der Waals surface area contributed by atoms with Crippen molar-refractivity contribution in [3.63, 3.8) is 0 Å². The maximum absolute atomic E-state index is 13.5. The van der Waals surface area contributed by atoms with E-state index >= 15 is 0 Å². The Balaban J connectivity index is 2.13. The maximum Gasteiger partial charge on any atom is 0.123 e. The summed E-state index contributed by atoms with van der Waals surface area (Å²) in [6.45, 7) is 4.93. The smallest absolute Gasteiger partial charge is 0.123 e. The molecule has 0 fully saturated rings. The average Bonchev–Trinajstić information content (AvgIpc) is 2.46. The first-order valence-electron chi connectivity index (χ1n) is 6.98. The van der Waals surface area contributed by atoms with E-state index < -0.39 is 0 Å². The number of nitrogens with one attached hydrogen (secondary N) is 1. The molecule has 0 aliphatic carbocycles. The zero-order valence-corrected chi connectivity index (χ0v) is 13.8. The van der Waals surface area contributed by atoms with Gasteiger partial charge in [-0.15, -0.1) is 11.8 Å². The van der Waals surface area contributed by atoms with E-state index in [0.29, 0.717) is 5.02 Å². The summed E-state index contributed by atoms with van der Waals surface area (Å²) in [5.74, 6) is 0.554. The highest BCUT2D eigenvalue weighted by Crippen LogP contribution is 2.29. The number of hydrogen-bond donors (Lipinski definition) is 1. The lowest BCUT2D eigenvalue weighted by Crippen LogP contribution is -2.23. The van der Waals surface area contributed by atoms with Crippen LogP contribution in [0.4, 0.5) is 4.39 Å². The average molecular weight is 324 g/mol. The molecule has 0 heterocycles. The number of thioether (sulfide) groups is 1. The van der Waals surface area contributed by atoms with Crippen LogP contribution in [0.25, 0.3) is 0 Å². The first-order chi connectivity index (χ1) is 10.1. The lowest BCUT2D eigenvalue weighted by Gasteiger charge is -2.19. The Bertz CT molecular complexity index is 603. The van der Waals surface area contributed by atoms with Gasteiger partial charge in [-0.3, -0.25) is 0 Å². The van der Waals surface area contributed by atoms with Crippen molar-refractivity contribution in [3.8, 4) is 0 Å². The molecule has 1 N–H and O–H groups in total. The molecule has 0 saturated heterocycles. The molecule has 0 bridgehead atoms. The van der Waals surface area contributed by atoms with Gasteiger partial charge in [-0.25, -0.2) is 4.39 Å². The molecule has 21 heavy (non-hydrogen) atoms. The van der Waals surface area contributed by atoms with Gasteiger partial charge >= 0.3 is 0 Å². The van der Waals surface area contributed by atoms with Crippen LogP contribution in [-0.4, -0.2) is 12.3 Å². The second-order valence-corrected chi connectivity index (χ2v) is 6.40. The largest absolute Gasteiger partial charge is 0.309 e. The number of rotatable bonds is 6. The van der Waals surface area contributed by atoms with E-state index in [4.69, 9.17) is 11.6 Å². The Hall–Kier alpha value is -1.03. The van der Waals surface area contributed by atoms with Gasteiger partial charge in [0.05, 0.1) is 0 Å². The predicted molar refractivity (Wildman–Crippen MR) is 89.7 cm³/mol. The van der Waals surface area contributed by atoms with Gasteiger partial charge in [-0.2, -0.15) is 0 Å². The van der Waals surface area contributed by atoms with Crippen LogP contribution in [-0.2, 0) is 0 Å². The molecule has 2 rings (SSSR count). The Kier molecular flexibility index (Phi) is 6.09. The zero-order valence-electron chi connectivity index (χ0n) is 12.2. The minimum Gasteiger partial charge on any atom is -0.309 e. The topological polar surface area (TPSA) is 12.0 Å². The van der Waals surface area contributed by atoms with Crippen molar-refractivity contribution in [2.45, 2.75) is 24.8 Å². The summed E-state index contributed by atoms with van der Waals surface area (Å²) in [5, 5.41) is 3.98. The van der Waals surface area contributed by atoms with Crippen LogP contribution in [0.3, 0.4) is 0 Å². The van der Waals surface area contributed by atoms with Crippen LogP contribution in [0.1, 0.15) is 24.1 Å². The van der Waals surface area contributed by atoms with Gasteiger partial charge in [0.15, 0.2) is 0 Å². The van der Waals surface area contributed by atoms with Gasteiger partial charge in [0, 0.05) is 21.7 Å². The van der Waals surface area contributed by atoms with Gasteiger partial charge in [0.1, 0.15) is 5.82 Å². The van der Waals surface area contributed by atoms with Crippen molar-refractivity contribution in [2.75, 3.05) is 12.3 Å². The Morgan fingerprint density at radius 2 is 2.05 bits per heavy atom. The van der Waals surface area contributed by atoms with Crippen molar-refractivity contribution in [3.05, 3.63) is 64.4 Å². The van der Waals surface area contributed by atoms with Crippen LogP contribution in [0.15, 0.2) is 47.4 Å². The van der Waals surface area contributed by atoms with Crippen molar-refractivity contribution >= 4 is 23.4 Å². The summed E-state index contributed by atoms with van der Waals surface area (Å²) in [6.07, 6.45) is 0. The van der Waals surface area contributed by atoms with Crippen molar-refractivity contribution in [2.24, 2.45) is 0 Å². The normalized spacial score (nSPS) is 12.4. The number of hydrogen-bond acceptors (Lipinski definition) is 2. The molecular weight excluding hydrogens is 305 g/mol. The van der Waals surface area contributed by atoms with Gasteiger partial charge in [0.25, 0.3) is 0 Å². The predicted octanol–water partition coefficient (Wildman–Crippen LogP) is 5.23.